The number of rotatable bonds is 4. The normalized spacial score (nSPS) is 26.8. The molecule has 4 aliphatic rings. The summed E-state index contributed by atoms with van der Waals surface area (Å²) in [4.78, 5) is 14.7. The Kier molecular flexibility index (Phi) is 5.47. The first-order chi connectivity index (χ1) is 16.1. The van der Waals surface area contributed by atoms with Crippen molar-refractivity contribution in [3.63, 3.8) is 0 Å². The molecule has 0 aromatic heterocycles. The minimum absolute atomic E-state index is 0.0351. The molecule has 3 heterocycles. The van der Waals surface area contributed by atoms with Gasteiger partial charge in [-0.05, 0) is 84.2 Å². The molecule has 7 heteroatoms. The fraction of sp³-hybridized carbons (Fsp3) is 0.500. The zero-order valence-corrected chi connectivity index (χ0v) is 19.2. The van der Waals surface area contributed by atoms with Gasteiger partial charge in [0.05, 0.1) is 0 Å². The van der Waals surface area contributed by atoms with Crippen molar-refractivity contribution < 1.29 is 9.53 Å². The van der Waals surface area contributed by atoms with E-state index < -0.39 is 0 Å². The third kappa shape index (κ3) is 3.98. The van der Waals surface area contributed by atoms with Gasteiger partial charge in [0.1, 0.15) is 12.3 Å². The second kappa shape index (κ2) is 8.49. The zero-order chi connectivity index (χ0) is 22.4. The number of nitrogens with one attached hydrogen (secondary N) is 4. The summed E-state index contributed by atoms with van der Waals surface area (Å²) in [5.74, 6) is 0.846. The number of amides is 1. The molecule has 33 heavy (non-hydrogen) atoms. The van der Waals surface area contributed by atoms with Crippen molar-refractivity contribution >= 4 is 5.91 Å². The summed E-state index contributed by atoms with van der Waals surface area (Å²) in [6, 6.07) is 15.8. The van der Waals surface area contributed by atoms with Gasteiger partial charge in [-0.2, -0.15) is 11.1 Å². The molecule has 3 aliphatic heterocycles. The van der Waals surface area contributed by atoms with Crippen LogP contribution in [0, 0.1) is 12.3 Å². The molecule has 174 valence electrons. The van der Waals surface area contributed by atoms with Gasteiger partial charge >= 0.3 is 0 Å². The molecule has 1 saturated carbocycles. The number of nitrogens with zero attached hydrogens (tertiary/aromatic N) is 1. The van der Waals surface area contributed by atoms with Crippen LogP contribution in [-0.2, 0) is 9.53 Å². The van der Waals surface area contributed by atoms with E-state index in [0.29, 0.717) is 11.3 Å². The molecular formula is C26H33N5O2. The maximum Gasteiger partial charge on any atom is 0.251 e. The van der Waals surface area contributed by atoms with Crippen LogP contribution >= 0.6 is 0 Å². The van der Waals surface area contributed by atoms with E-state index in [0.717, 1.165) is 45.4 Å². The first-order valence-corrected chi connectivity index (χ1v) is 12.3. The van der Waals surface area contributed by atoms with Crippen molar-refractivity contribution in [2.75, 3.05) is 19.7 Å². The van der Waals surface area contributed by atoms with Gasteiger partial charge in [0, 0.05) is 19.7 Å². The predicted molar refractivity (Wildman–Crippen MR) is 126 cm³/mol. The third-order valence-corrected chi connectivity index (χ3v) is 8.18. The van der Waals surface area contributed by atoms with Crippen molar-refractivity contribution in [1.82, 2.24) is 26.8 Å². The van der Waals surface area contributed by atoms with Crippen LogP contribution in [0.3, 0.4) is 0 Å². The highest BCUT2D eigenvalue weighted by Crippen LogP contribution is 2.65. The minimum atomic E-state index is -0.184. The highest BCUT2D eigenvalue weighted by molar-refractivity contribution is 5.81. The first kappa shape index (κ1) is 21.3. The number of likely N-dealkylation sites (tertiary alicyclic amines) is 1. The van der Waals surface area contributed by atoms with E-state index >= 15 is 0 Å². The Morgan fingerprint density at radius 3 is 2.45 bits per heavy atom. The van der Waals surface area contributed by atoms with Crippen molar-refractivity contribution in [2.45, 2.75) is 57.2 Å². The molecule has 4 fully saturated rings. The number of hydrazine groups is 3. The Morgan fingerprint density at radius 1 is 1.03 bits per heavy atom. The molecule has 1 spiro atoms. The van der Waals surface area contributed by atoms with Gasteiger partial charge in [0.25, 0.3) is 5.91 Å². The Labute approximate surface area is 195 Å². The molecule has 6 rings (SSSR count). The maximum atomic E-state index is 12.7. The largest absolute Gasteiger partial charge is 0.368 e. The molecule has 1 amide bonds. The molecule has 0 unspecified atom stereocenters. The summed E-state index contributed by atoms with van der Waals surface area (Å²) in [6.07, 6.45) is 5.23. The summed E-state index contributed by atoms with van der Waals surface area (Å²) in [6.45, 7) is 4.66. The van der Waals surface area contributed by atoms with Crippen LogP contribution in [0.2, 0.25) is 0 Å². The van der Waals surface area contributed by atoms with Crippen molar-refractivity contribution in [3.05, 3.63) is 59.2 Å². The van der Waals surface area contributed by atoms with Gasteiger partial charge in [-0.25, -0.2) is 10.9 Å². The Bertz CT molecular complexity index is 1020. The summed E-state index contributed by atoms with van der Waals surface area (Å²) < 4.78 is 5.61. The van der Waals surface area contributed by atoms with E-state index in [1.165, 1.54) is 34.2 Å². The van der Waals surface area contributed by atoms with Crippen LogP contribution in [0.25, 0.3) is 11.1 Å². The van der Waals surface area contributed by atoms with E-state index in [2.05, 4.69) is 76.2 Å². The summed E-state index contributed by atoms with van der Waals surface area (Å²) in [5, 5.41) is 0. The Hall–Kier alpha value is -2.29. The lowest BCUT2D eigenvalue weighted by atomic mass is 9.88. The molecule has 0 bridgehead atoms. The van der Waals surface area contributed by atoms with Gasteiger partial charge < -0.3 is 9.64 Å². The van der Waals surface area contributed by atoms with E-state index in [-0.39, 0.29) is 18.2 Å². The summed E-state index contributed by atoms with van der Waals surface area (Å²) in [5.41, 5.74) is 18.9. The molecule has 7 nitrogen and oxygen atoms in total. The summed E-state index contributed by atoms with van der Waals surface area (Å²) in [7, 11) is 0. The number of benzene rings is 2. The monoisotopic (exact) mass is 447 g/mol. The smallest absolute Gasteiger partial charge is 0.251 e. The van der Waals surface area contributed by atoms with E-state index in [4.69, 9.17) is 4.74 Å². The topological polar surface area (TPSA) is 77.7 Å². The van der Waals surface area contributed by atoms with Crippen LogP contribution in [0.4, 0.5) is 0 Å². The second-order valence-electron chi connectivity index (χ2n) is 10.1. The molecule has 1 aliphatic carbocycles. The quantitative estimate of drug-likeness (QED) is 0.577. The number of hydrogen-bond acceptors (Lipinski definition) is 6. The van der Waals surface area contributed by atoms with Crippen molar-refractivity contribution in [1.29, 1.82) is 0 Å². The molecule has 0 radical (unpaired) electrons. The SMILES string of the molecule is Cc1ccc(C2NNNN2)cc1-c1ccc([C@H]2CC23CCN(C(=O)[C@H]2CCCO2)CC3)cc1. The van der Waals surface area contributed by atoms with Crippen LogP contribution < -0.4 is 21.9 Å². The van der Waals surface area contributed by atoms with Crippen molar-refractivity contribution in [2.24, 2.45) is 5.41 Å². The number of carbonyl (C=O) groups is 1. The zero-order valence-electron chi connectivity index (χ0n) is 19.2. The number of piperidine rings is 1. The fourth-order valence-electron chi connectivity index (χ4n) is 5.96. The van der Waals surface area contributed by atoms with E-state index in [1.54, 1.807) is 0 Å². The van der Waals surface area contributed by atoms with Gasteiger partial charge in [-0.1, -0.05) is 36.4 Å². The molecule has 3 saturated heterocycles. The lowest BCUT2D eigenvalue weighted by Gasteiger charge is -2.34. The molecule has 4 N–H and O–H groups in total. The van der Waals surface area contributed by atoms with Crippen LogP contribution in [-0.4, -0.2) is 36.6 Å². The van der Waals surface area contributed by atoms with Crippen LogP contribution in [0.15, 0.2) is 42.5 Å². The highest BCUT2D eigenvalue weighted by Gasteiger charge is 2.55. The van der Waals surface area contributed by atoms with E-state index in [9.17, 15) is 4.79 Å². The second-order valence-corrected chi connectivity index (χ2v) is 10.1. The van der Waals surface area contributed by atoms with Gasteiger partial charge in [-0.3, -0.25) is 4.79 Å². The average molecular weight is 448 g/mol. The lowest BCUT2D eigenvalue weighted by molar-refractivity contribution is -0.142. The summed E-state index contributed by atoms with van der Waals surface area (Å²) >= 11 is 0. The van der Waals surface area contributed by atoms with Gasteiger partial charge in [0.15, 0.2) is 0 Å². The van der Waals surface area contributed by atoms with Gasteiger partial charge in [-0.15, -0.1) is 0 Å². The Morgan fingerprint density at radius 2 is 1.76 bits per heavy atom. The van der Waals surface area contributed by atoms with Gasteiger partial charge in [0.2, 0.25) is 0 Å². The molecule has 2 aromatic carbocycles. The molecule has 2 atom stereocenters. The molecular weight excluding hydrogens is 414 g/mol. The average Bonchev–Trinajstić information content (AvgIpc) is 3.28. The minimum Gasteiger partial charge on any atom is -0.368 e. The number of aryl methyl sites for hydroxylation is 1. The third-order valence-electron chi connectivity index (χ3n) is 8.18. The fourth-order valence-corrected chi connectivity index (χ4v) is 5.96. The number of ether oxygens (including phenoxy) is 1. The number of hydrogen-bond donors (Lipinski definition) is 4. The lowest BCUT2D eigenvalue weighted by Crippen LogP contribution is -2.44. The molecule has 2 aromatic rings. The maximum absolute atomic E-state index is 12.7. The standard InChI is InChI=1S/C26H33N5O2/c1-17-4-5-20(24-27-29-30-28-24)15-21(17)18-6-8-19(9-7-18)22-16-26(22)10-12-31(13-11-26)25(32)23-3-2-14-33-23/h4-9,15,22-24,27-30H,2-3,10-14,16H2,1H3/t22-,23-/m1/s1. The predicted octanol–water partition coefficient (Wildman–Crippen LogP) is 3.05. The number of carbonyl (C=O) groups excluding carboxylic acids is 1. The highest BCUT2D eigenvalue weighted by atomic mass is 16.5. The van der Waals surface area contributed by atoms with Crippen LogP contribution in [0.5, 0.6) is 0 Å². The van der Waals surface area contributed by atoms with Crippen LogP contribution in [0.1, 0.15) is 60.9 Å². The Balaban J connectivity index is 1.12. The van der Waals surface area contributed by atoms with Crippen molar-refractivity contribution in [3.8, 4) is 11.1 Å². The van der Waals surface area contributed by atoms with E-state index in [1.807, 2.05) is 0 Å². The first-order valence-electron chi connectivity index (χ1n) is 12.3.